The van der Waals surface area contributed by atoms with Gasteiger partial charge in [-0.3, -0.25) is 0 Å². The zero-order chi connectivity index (χ0) is 6.20. The van der Waals surface area contributed by atoms with E-state index >= 15 is 0 Å². The third kappa shape index (κ3) is 0.793. The summed E-state index contributed by atoms with van der Waals surface area (Å²) in [6.45, 7) is 4.06. The summed E-state index contributed by atoms with van der Waals surface area (Å²) in [7, 11) is 0.812. The van der Waals surface area contributed by atoms with E-state index in [0.717, 1.165) is 20.0 Å². The molecule has 0 aromatic carbocycles. The Balaban J connectivity index is 2.68. The van der Waals surface area contributed by atoms with Gasteiger partial charge in [0.2, 0.25) is 7.28 Å². The van der Waals surface area contributed by atoms with Crippen molar-refractivity contribution in [2.75, 3.05) is 0 Å². The summed E-state index contributed by atoms with van der Waals surface area (Å²) in [5, 5.41) is 0. The molecule has 0 amide bonds. The van der Waals surface area contributed by atoms with Gasteiger partial charge in [0.15, 0.2) is 0 Å². The second kappa shape index (κ2) is 1.61. The normalized spacial score (nSPS) is 25.5. The number of hydrogen-bond donors (Lipinski definition) is 0. The molecule has 0 atom stereocenters. The lowest BCUT2D eigenvalue weighted by molar-refractivity contribution is -0.118. The van der Waals surface area contributed by atoms with Gasteiger partial charge >= 0.3 is 0 Å². The topological polar surface area (TPSA) is 17.1 Å². The van der Waals surface area contributed by atoms with Crippen molar-refractivity contribution < 1.29 is 4.79 Å². The highest BCUT2D eigenvalue weighted by Crippen LogP contribution is 2.29. The molecule has 1 aliphatic rings. The predicted octanol–water partition coefficient (Wildman–Crippen LogP) is 0.798. The summed E-state index contributed by atoms with van der Waals surface area (Å²) < 4.78 is 0. The fourth-order valence-electron chi connectivity index (χ4n) is 1.17. The first-order valence-electron chi connectivity index (χ1n) is 3.16. The van der Waals surface area contributed by atoms with Gasteiger partial charge in [0, 0.05) is 5.41 Å². The number of carbonyl (C=O) groups is 1. The van der Waals surface area contributed by atoms with Gasteiger partial charge in [0.05, 0.1) is 5.68 Å². The fourth-order valence-corrected chi connectivity index (χ4v) is 1.17. The largest absolute Gasteiger partial charge is 0.311 e. The zero-order valence-electron chi connectivity index (χ0n) is 5.53. The molecule has 0 radical (unpaired) electrons. The molecule has 1 aliphatic heterocycles. The molecule has 1 fully saturated rings. The minimum absolute atomic E-state index is 0.0139. The Labute approximate surface area is 50.7 Å². The molecule has 0 saturated carbocycles. The Morgan fingerprint density at radius 2 is 2.25 bits per heavy atom. The summed E-state index contributed by atoms with van der Waals surface area (Å²) in [5.41, 5.74) is 0.456. The predicted molar refractivity (Wildman–Crippen MR) is 35.4 cm³/mol. The number of carbonyl (C=O) groups excluding carboxylic acids is 1. The van der Waals surface area contributed by atoms with Crippen LogP contribution in [0.1, 0.15) is 20.3 Å². The van der Waals surface area contributed by atoms with E-state index in [1.54, 1.807) is 0 Å². The van der Waals surface area contributed by atoms with Crippen LogP contribution in [-0.2, 0) is 4.79 Å². The lowest BCUT2D eigenvalue weighted by atomic mass is 9.72. The Kier molecular flexibility index (Phi) is 1.18. The van der Waals surface area contributed by atoms with Crippen molar-refractivity contribution in [2.45, 2.75) is 26.6 Å². The van der Waals surface area contributed by atoms with Gasteiger partial charge in [-0.15, -0.1) is 0 Å². The first-order valence-corrected chi connectivity index (χ1v) is 3.16. The van der Waals surface area contributed by atoms with Crippen LogP contribution in [-0.4, -0.2) is 13.0 Å². The van der Waals surface area contributed by atoms with E-state index < -0.39 is 0 Å². The van der Waals surface area contributed by atoms with Crippen LogP contribution in [0.25, 0.3) is 0 Å². The molecule has 0 N–H and O–H groups in total. The van der Waals surface area contributed by atoms with Gasteiger partial charge in [-0.25, -0.2) is 0 Å². The minimum Gasteiger partial charge on any atom is -0.311 e. The lowest BCUT2D eigenvalue weighted by Gasteiger charge is -2.13. The van der Waals surface area contributed by atoms with Crippen LogP contribution in [0.3, 0.4) is 0 Å². The zero-order valence-corrected chi connectivity index (χ0v) is 5.53. The minimum atomic E-state index is 0.0139. The molecule has 44 valence electrons. The molecule has 1 saturated heterocycles. The van der Waals surface area contributed by atoms with Crippen molar-refractivity contribution in [2.24, 2.45) is 5.41 Å². The Hall–Kier alpha value is -0.265. The third-order valence-electron chi connectivity index (χ3n) is 1.96. The molecule has 2 heteroatoms. The molecule has 1 nitrogen and oxygen atoms in total. The van der Waals surface area contributed by atoms with Crippen LogP contribution >= 0.6 is 0 Å². The Bertz CT molecular complexity index is 118. The van der Waals surface area contributed by atoms with Gasteiger partial charge < -0.3 is 4.79 Å². The lowest BCUT2D eigenvalue weighted by Crippen LogP contribution is -2.19. The molecule has 0 unspecified atom stereocenters. The van der Waals surface area contributed by atoms with E-state index in [2.05, 4.69) is 0 Å². The molecule has 8 heavy (non-hydrogen) atoms. The van der Waals surface area contributed by atoms with E-state index in [9.17, 15) is 4.79 Å². The molecule has 0 spiro atoms. The summed E-state index contributed by atoms with van der Waals surface area (Å²) in [4.78, 5) is 10.9. The van der Waals surface area contributed by atoms with Crippen molar-refractivity contribution in [3.05, 3.63) is 0 Å². The van der Waals surface area contributed by atoms with Gasteiger partial charge in [0.25, 0.3) is 0 Å². The monoisotopic (exact) mass is 110 g/mol. The standard InChI is InChI=1S/C6H11BO/c1-6(2)3-4-7-5(6)8/h7H,3-4H2,1-2H3. The number of rotatable bonds is 0. The first kappa shape index (κ1) is 5.86. The van der Waals surface area contributed by atoms with Gasteiger partial charge in [-0.1, -0.05) is 20.2 Å². The van der Waals surface area contributed by atoms with E-state index in [0.29, 0.717) is 5.68 Å². The molecule has 0 aliphatic carbocycles. The maximum atomic E-state index is 10.9. The van der Waals surface area contributed by atoms with Crippen LogP contribution in [0.2, 0.25) is 6.32 Å². The Morgan fingerprint density at radius 1 is 1.62 bits per heavy atom. The third-order valence-corrected chi connectivity index (χ3v) is 1.96. The van der Waals surface area contributed by atoms with E-state index in [1.165, 1.54) is 0 Å². The van der Waals surface area contributed by atoms with E-state index in [-0.39, 0.29) is 5.41 Å². The highest BCUT2D eigenvalue weighted by Gasteiger charge is 2.32. The average molecular weight is 110 g/mol. The quantitative estimate of drug-likeness (QED) is 0.421. The van der Waals surface area contributed by atoms with Crippen molar-refractivity contribution in [3.8, 4) is 0 Å². The molecular formula is C6H11BO. The summed E-state index contributed by atoms with van der Waals surface area (Å²) >= 11 is 0. The molecule has 0 bridgehead atoms. The molecular weight excluding hydrogens is 98.9 g/mol. The Morgan fingerprint density at radius 3 is 2.38 bits per heavy atom. The highest BCUT2D eigenvalue weighted by molar-refractivity contribution is 6.76. The second-order valence-corrected chi connectivity index (χ2v) is 3.16. The number of hydrogen-bond acceptors (Lipinski definition) is 1. The fraction of sp³-hybridized carbons (Fsp3) is 0.833. The molecule has 0 aromatic rings. The maximum absolute atomic E-state index is 10.9. The van der Waals surface area contributed by atoms with Crippen LogP contribution in [0.5, 0.6) is 0 Å². The summed E-state index contributed by atoms with van der Waals surface area (Å²) in [5.74, 6) is 0. The van der Waals surface area contributed by atoms with Crippen molar-refractivity contribution in [1.82, 2.24) is 0 Å². The first-order chi connectivity index (χ1) is 3.63. The van der Waals surface area contributed by atoms with Crippen molar-refractivity contribution >= 4 is 13.0 Å². The van der Waals surface area contributed by atoms with Gasteiger partial charge in [-0.05, 0) is 6.42 Å². The smallest absolute Gasteiger partial charge is 0.206 e. The summed E-state index contributed by atoms with van der Waals surface area (Å²) in [6, 6.07) is 0. The highest BCUT2D eigenvalue weighted by atomic mass is 16.1. The maximum Gasteiger partial charge on any atom is 0.206 e. The van der Waals surface area contributed by atoms with Gasteiger partial charge in [0.1, 0.15) is 0 Å². The average Bonchev–Trinajstić information content (AvgIpc) is 1.86. The second-order valence-electron chi connectivity index (χ2n) is 3.16. The summed E-state index contributed by atoms with van der Waals surface area (Å²) in [6.07, 6.45) is 2.19. The van der Waals surface area contributed by atoms with Crippen LogP contribution in [0.15, 0.2) is 0 Å². The van der Waals surface area contributed by atoms with Crippen LogP contribution in [0, 0.1) is 5.41 Å². The van der Waals surface area contributed by atoms with Crippen molar-refractivity contribution in [3.63, 3.8) is 0 Å². The van der Waals surface area contributed by atoms with Gasteiger partial charge in [-0.2, -0.15) is 0 Å². The van der Waals surface area contributed by atoms with E-state index in [4.69, 9.17) is 0 Å². The van der Waals surface area contributed by atoms with Crippen LogP contribution < -0.4 is 0 Å². The van der Waals surface area contributed by atoms with Crippen molar-refractivity contribution in [1.29, 1.82) is 0 Å². The van der Waals surface area contributed by atoms with E-state index in [1.807, 2.05) is 13.8 Å². The molecule has 1 rings (SSSR count). The molecule has 1 heterocycles. The SMILES string of the molecule is CC1(C)CCBC1=O. The van der Waals surface area contributed by atoms with Crippen LogP contribution in [0.4, 0.5) is 0 Å². The molecule has 0 aromatic heterocycles.